The van der Waals surface area contributed by atoms with Crippen LogP contribution in [0.1, 0.15) is 24.2 Å². The third kappa shape index (κ3) is 2.60. The smallest absolute Gasteiger partial charge is 0.0366 e. The largest absolute Gasteiger partial charge is 0.123 e. The van der Waals surface area contributed by atoms with Gasteiger partial charge in [-0.1, -0.05) is 43.3 Å². The third-order valence-electron chi connectivity index (χ3n) is 3.16. The molecule has 3 rings (SSSR count). The van der Waals surface area contributed by atoms with Gasteiger partial charge in [0.2, 0.25) is 0 Å². The quantitative estimate of drug-likeness (QED) is 0.717. The van der Waals surface area contributed by atoms with Crippen LogP contribution in [0.25, 0.3) is 0 Å². The maximum atomic E-state index is 2.33. The summed E-state index contributed by atoms with van der Waals surface area (Å²) in [5.74, 6) is 0. The van der Waals surface area contributed by atoms with Crippen LogP contribution in [0.4, 0.5) is 0 Å². The van der Waals surface area contributed by atoms with E-state index < -0.39 is 0 Å². The van der Waals surface area contributed by atoms with Crippen LogP contribution >= 0.6 is 23.5 Å². The lowest BCUT2D eigenvalue weighted by Crippen LogP contribution is -2.10. The molecule has 2 aromatic rings. The molecule has 0 amide bonds. The fourth-order valence-electron chi connectivity index (χ4n) is 2.32. The first-order chi connectivity index (χ1) is 8.83. The molecule has 0 aliphatic carbocycles. The van der Waals surface area contributed by atoms with E-state index in [2.05, 4.69) is 61.5 Å². The van der Waals surface area contributed by atoms with Crippen LogP contribution < -0.4 is 0 Å². The molecule has 2 atom stereocenters. The normalized spacial score (nSPS) is 22.5. The van der Waals surface area contributed by atoms with Gasteiger partial charge in [-0.25, -0.2) is 0 Å². The molecule has 18 heavy (non-hydrogen) atoms. The Morgan fingerprint density at radius 3 is 2.56 bits per heavy atom. The van der Waals surface area contributed by atoms with Crippen molar-refractivity contribution < 1.29 is 0 Å². The van der Waals surface area contributed by atoms with Crippen molar-refractivity contribution in [1.29, 1.82) is 0 Å². The summed E-state index contributed by atoms with van der Waals surface area (Å²) in [6, 6.07) is 19.6. The van der Waals surface area contributed by atoms with Crippen molar-refractivity contribution in [2.45, 2.75) is 33.6 Å². The van der Waals surface area contributed by atoms with E-state index in [0.717, 1.165) is 0 Å². The fourth-order valence-corrected chi connectivity index (χ4v) is 5.10. The standard InChI is InChI=1S/C16H16S2/c1-12-11-16(18-13-7-3-2-4-8-13)14-9-5-6-10-15(14)17-12/h2-10,12,16H,11H2,1H3/t12-,16-/m1/s1. The number of benzene rings is 2. The Morgan fingerprint density at radius 2 is 1.72 bits per heavy atom. The monoisotopic (exact) mass is 272 g/mol. The van der Waals surface area contributed by atoms with E-state index in [4.69, 9.17) is 0 Å². The summed E-state index contributed by atoms with van der Waals surface area (Å²) in [4.78, 5) is 2.83. The molecule has 0 N–H and O–H groups in total. The lowest BCUT2D eigenvalue weighted by molar-refractivity contribution is 0.763. The van der Waals surface area contributed by atoms with Gasteiger partial charge in [0, 0.05) is 20.3 Å². The summed E-state index contributed by atoms with van der Waals surface area (Å²) in [6.45, 7) is 2.33. The summed E-state index contributed by atoms with van der Waals surface area (Å²) in [6.07, 6.45) is 1.25. The highest BCUT2D eigenvalue weighted by Gasteiger charge is 2.25. The Bertz CT molecular complexity index is 522. The molecule has 0 saturated carbocycles. The Balaban J connectivity index is 1.89. The number of fused-ring (bicyclic) bond motifs is 1. The molecule has 0 aromatic heterocycles. The van der Waals surface area contributed by atoms with Crippen molar-refractivity contribution in [3.63, 3.8) is 0 Å². The highest BCUT2D eigenvalue weighted by Crippen LogP contribution is 2.48. The van der Waals surface area contributed by atoms with E-state index in [0.29, 0.717) is 10.5 Å². The van der Waals surface area contributed by atoms with Gasteiger partial charge in [0.05, 0.1) is 0 Å². The lowest BCUT2D eigenvalue weighted by atomic mass is 10.1. The average molecular weight is 272 g/mol. The fraction of sp³-hybridized carbons (Fsp3) is 0.250. The molecule has 0 unspecified atom stereocenters. The molecule has 0 bridgehead atoms. The average Bonchev–Trinajstić information content (AvgIpc) is 2.40. The maximum absolute atomic E-state index is 2.33. The molecule has 1 heterocycles. The molecule has 2 aromatic carbocycles. The van der Waals surface area contributed by atoms with Crippen molar-refractivity contribution in [3.8, 4) is 0 Å². The van der Waals surface area contributed by atoms with E-state index in [9.17, 15) is 0 Å². The second-order valence-corrected chi connectivity index (χ2v) is 7.38. The molecular weight excluding hydrogens is 256 g/mol. The van der Waals surface area contributed by atoms with E-state index in [-0.39, 0.29) is 0 Å². The van der Waals surface area contributed by atoms with E-state index in [1.165, 1.54) is 21.8 Å². The molecule has 1 aliphatic heterocycles. The minimum absolute atomic E-state index is 0.597. The van der Waals surface area contributed by atoms with Crippen LogP contribution in [0.2, 0.25) is 0 Å². The summed E-state index contributed by atoms with van der Waals surface area (Å²) in [7, 11) is 0. The highest BCUT2D eigenvalue weighted by molar-refractivity contribution is 8.01. The number of hydrogen-bond acceptors (Lipinski definition) is 2. The van der Waals surface area contributed by atoms with Crippen molar-refractivity contribution >= 4 is 23.5 Å². The number of rotatable bonds is 2. The minimum Gasteiger partial charge on any atom is -0.123 e. The molecule has 0 radical (unpaired) electrons. The highest BCUT2D eigenvalue weighted by atomic mass is 32.2. The van der Waals surface area contributed by atoms with E-state index >= 15 is 0 Å². The predicted molar refractivity (Wildman–Crippen MR) is 81.4 cm³/mol. The van der Waals surface area contributed by atoms with Crippen molar-refractivity contribution in [1.82, 2.24) is 0 Å². The second-order valence-electron chi connectivity index (χ2n) is 4.62. The van der Waals surface area contributed by atoms with Gasteiger partial charge in [-0.3, -0.25) is 0 Å². The van der Waals surface area contributed by atoms with Gasteiger partial charge in [-0.15, -0.1) is 23.5 Å². The second kappa shape index (κ2) is 5.41. The molecular formula is C16H16S2. The summed E-state index contributed by atoms with van der Waals surface area (Å²) >= 11 is 4.01. The third-order valence-corrected chi connectivity index (χ3v) is 5.66. The first-order valence-electron chi connectivity index (χ1n) is 6.30. The first kappa shape index (κ1) is 12.2. The molecule has 1 aliphatic rings. The van der Waals surface area contributed by atoms with Gasteiger partial charge in [0.15, 0.2) is 0 Å². The van der Waals surface area contributed by atoms with E-state index in [1.54, 1.807) is 0 Å². The lowest BCUT2D eigenvalue weighted by Gasteiger charge is -2.28. The van der Waals surface area contributed by atoms with Gasteiger partial charge >= 0.3 is 0 Å². The Labute approximate surface area is 117 Å². The van der Waals surface area contributed by atoms with Gasteiger partial charge < -0.3 is 0 Å². The maximum Gasteiger partial charge on any atom is 0.0366 e. The molecule has 0 fully saturated rings. The molecule has 0 saturated heterocycles. The number of thioether (sulfide) groups is 2. The Hall–Kier alpha value is -0.860. The van der Waals surface area contributed by atoms with Crippen LogP contribution in [-0.4, -0.2) is 5.25 Å². The van der Waals surface area contributed by atoms with Crippen molar-refractivity contribution in [2.75, 3.05) is 0 Å². The molecule has 0 spiro atoms. The van der Waals surface area contributed by atoms with Gasteiger partial charge in [-0.2, -0.15) is 0 Å². The summed E-state index contributed by atoms with van der Waals surface area (Å²) in [5.41, 5.74) is 1.51. The molecule has 92 valence electrons. The molecule has 0 nitrogen and oxygen atoms in total. The zero-order valence-electron chi connectivity index (χ0n) is 10.4. The Kier molecular flexibility index (Phi) is 3.67. The van der Waals surface area contributed by atoms with Gasteiger partial charge in [-0.05, 0) is 30.2 Å². The zero-order chi connectivity index (χ0) is 12.4. The topological polar surface area (TPSA) is 0 Å². The van der Waals surface area contributed by atoms with Gasteiger partial charge in [0.25, 0.3) is 0 Å². The predicted octanol–water partition coefficient (Wildman–Crippen LogP) is 5.40. The van der Waals surface area contributed by atoms with Crippen LogP contribution in [0.5, 0.6) is 0 Å². The summed E-state index contributed by atoms with van der Waals surface area (Å²) in [5, 5.41) is 1.31. The van der Waals surface area contributed by atoms with Crippen LogP contribution in [0.15, 0.2) is 64.4 Å². The van der Waals surface area contributed by atoms with Crippen LogP contribution in [0, 0.1) is 0 Å². The van der Waals surface area contributed by atoms with Gasteiger partial charge in [0.1, 0.15) is 0 Å². The SMILES string of the molecule is C[C@@H]1C[C@@H](Sc2ccccc2)c2ccccc2S1. The summed E-state index contributed by atoms with van der Waals surface area (Å²) < 4.78 is 0. The Morgan fingerprint density at radius 1 is 1.00 bits per heavy atom. The number of hydrogen-bond donors (Lipinski definition) is 0. The van der Waals surface area contributed by atoms with Crippen LogP contribution in [-0.2, 0) is 0 Å². The first-order valence-corrected chi connectivity index (χ1v) is 8.06. The van der Waals surface area contributed by atoms with Crippen molar-refractivity contribution in [3.05, 3.63) is 60.2 Å². The molecule has 2 heteroatoms. The van der Waals surface area contributed by atoms with E-state index in [1.807, 2.05) is 23.5 Å². The zero-order valence-corrected chi connectivity index (χ0v) is 12.0. The van der Waals surface area contributed by atoms with Crippen molar-refractivity contribution in [2.24, 2.45) is 0 Å². The minimum atomic E-state index is 0.597. The van der Waals surface area contributed by atoms with Crippen LogP contribution in [0.3, 0.4) is 0 Å².